The minimum atomic E-state index is -0.204. The average molecular weight is 341 g/mol. The molecule has 0 aliphatic rings. The predicted molar refractivity (Wildman–Crippen MR) is 96.6 cm³/mol. The molecule has 1 aromatic heterocycles. The molecule has 0 saturated carbocycles. The lowest BCUT2D eigenvalue weighted by atomic mass is 10.2. The van der Waals surface area contributed by atoms with E-state index in [1.807, 2.05) is 43.3 Å². The number of benzene rings is 2. The molecule has 2 aromatic carbocycles. The Hall–Kier alpha value is -2.59. The average Bonchev–Trinajstić information content (AvgIpc) is 3.00. The van der Waals surface area contributed by atoms with Crippen LogP contribution in [0.25, 0.3) is 10.9 Å². The third-order valence-electron chi connectivity index (χ3n) is 3.91. The van der Waals surface area contributed by atoms with Crippen molar-refractivity contribution in [3.05, 3.63) is 65.3 Å². The topological polar surface area (TPSA) is 51.1 Å². The van der Waals surface area contributed by atoms with E-state index in [1.165, 1.54) is 0 Å². The first-order valence-electron chi connectivity index (χ1n) is 7.70. The van der Waals surface area contributed by atoms with Gasteiger partial charge in [0, 0.05) is 35.1 Å². The number of hydrogen-bond donors (Lipinski definition) is 1. The van der Waals surface area contributed by atoms with Crippen molar-refractivity contribution in [3.63, 3.8) is 0 Å². The zero-order valence-electron chi connectivity index (χ0n) is 13.3. The Balaban J connectivity index is 1.64. The van der Waals surface area contributed by atoms with Crippen molar-refractivity contribution in [3.8, 4) is 0 Å². The fourth-order valence-electron chi connectivity index (χ4n) is 2.58. The van der Waals surface area contributed by atoms with Crippen LogP contribution in [0.2, 0.25) is 5.02 Å². The molecule has 0 aliphatic heterocycles. The number of para-hydroxylation sites is 1. The molecule has 5 heteroatoms. The van der Waals surface area contributed by atoms with Gasteiger partial charge in [-0.2, -0.15) is 0 Å². The summed E-state index contributed by atoms with van der Waals surface area (Å²) in [5, 5.41) is 4.37. The van der Waals surface area contributed by atoms with Crippen molar-refractivity contribution in [2.75, 3.05) is 5.32 Å². The van der Waals surface area contributed by atoms with Gasteiger partial charge in [-0.25, -0.2) is 0 Å². The first-order chi connectivity index (χ1) is 11.5. The fourth-order valence-corrected chi connectivity index (χ4v) is 2.76. The van der Waals surface area contributed by atoms with Gasteiger partial charge in [-0.15, -0.1) is 0 Å². The number of nitrogens with one attached hydrogen (secondary N) is 1. The number of halogens is 1. The molecule has 4 nitrogen and oxygen atoms in total. The van der Waals surface area contributed by atoms with E-state index < -0.39 is 0 Å². The van der Waals surface area contributed by atoms with E-state index in [1.54, 1.807) is 22.9 Å². The predicted octanol–water partition coefficient (Wildman–Crippen LogP) is 4.66. The molecule has 0 radical (unpaired) electrons. The number of nitrogens with zero attached hydrogens (tertiary/aromatic N) is 1. The fraction of sp³-hybridized carbons (Fsp3) is 0.158. The Morgan fingerprint density at radius 3 is 2.71 bits per heavy atom. The maximum absolute atomic E-state index is 12.4. The zero-order chi connectivity index (χ0) is 17.1. The van der Waals surface area contributed by atoms with Gasteiger partial charge in [0.1, 0.15) is 0 Å². The molecule has 3 aromatic rings. The van der Waals surface area contributed by atoms with Crippen molar-refractivity contribution >= 4 is 40.0 Å². The van der Waals surface area contributed by atoms with Crippen LogP contribution in [-0.4, -0.2) is 16.4 Å². The highest BCUT2D eigenvalue weighted by Gasteiger charge is 2.12. The summed E-state index contributed by atoms with van der Waals surface area (Å²) >= 11 is 5.94. The van der Waals surface area contributed by atoms with Crippen LogP contribution in [0.1, 0.15) is 23.2 Å². The van der Waals surface area contributed by atoms with Crippen LogP contribution in [0, 0.1) is 6.92 Å². The molecule has 0 aliphatic carbocycles. The Labute approximate surface area is 145 Å². The molecule has 122 valence electrons. The molecule has 0 spiro atoms. The smallest absolute Gasteiger partial charge is 0.231 e. The molecule has 0 saturated heterocycles. The first-order valence-corrected chi connectivity index (χ1v) is 8.08. The lowest BCUT2D eigenvalue weighted by Crippen LogP contribution is -2.16. The quantitative estimate of drug-likeness (QED) is 0.750. The highest BCUT2D eigenvalue weighted by molar-refractivity contribution is 6.31. The standard InChI is InChI=1S/C19H17ClN2O2/c1-13-6-7-15(20)12-16(13)21-18(23)8-9-19(24)22-11-10-14-4-2-3-5-17(14)22/h2-7,10-12H,8-9H2,1H3,(H,21,23). The molecule has 1 heterocycles. The molecule has 1 amide bonds. The zero-order valence-corrected chi connectivity index (χ0v) is 14.0. The summed E-state index contributed by atoms with van der Waals surface area (Å²) in [4.78, 5) is 24.5. The van der Waals surface area contributed by atoms with E-state index in [2.05, 4.69) is 5.32 Å². The monoisotopic (exact) mass is 340 g/mol. The molecular formula is C19H17ClN2O2. The minimum Gasteiger partial charge on any atom is -0.326 e. The van der Waals surface area contributed by atoms with Crippen LogP contribution in [0.3, 0.4) is 0 Å². The third-order valence-corrected chi connectivity index (χ3v) is 4.14. The molecule has 0 atom stereocenters. The van der Waals surface area contributed by atoms with Gasteiger partial charge in [0.05, 0.1) is 5.52 Å². The van der Waals surface area contributed by atoms with Crippen LogP contribution in [-0.2, 0) is 4.79 Å². The van der Waals surface area contributed by atoms with Crippen LogP contribution in [0.5, 0.6) is 0 Å². The largest absolute Gasteiger partial charge is 0.326 e. The van der Waals surface area contributed by atoms with Gasteiger partial charge in [0.25, 0.3) is 0 Å². The van der Waals surface area contributed by atoms with Gasteiger partial charge in [-0.05, 0) is 36.8 Å². The molecule has 24 heavy (non-hydrogen) atoms. The number of rotatable bonds is 4. The first kappa shape index (κ1) is 16.3. The Bertz CT molecular complexity index is 915. The number of aromatic nitrogens is 1. The van der Waals surface area contributed by atoms with Crippen molar-refractivity contribution < 1.29 is 9.59 Å². The second-order valence-corrected chi connectivity index (χ2v) is 6.08. The Morgan fingerprint density at radius 2 is 1.88 bits per heavy atom. The Morgan fingerprint density at radius 1 is 1.08 bits per heavy atom. The van der Waals surface area contributed by atoms with Crippen LogP contribution in [0.4, 0.5) is 5.69 Å². The second kappa shape index (κ2) is 6.89. The summed E-state index contributed by atoms with van der Waals surface area (Å²) in [6, 6.07) is 14.9. The summed E-state index contributed by atoms with van der Waals surface area (Å²) in [5.41, 5.74) is 2.45. The van der Waals surface area contributed by atoms with Crippen LogP contribution < -0.4 is 5.32 Å². The number of anilines is 1. The molecular weight excluding hydrogens is 324 g/mol. The molecule has 1 N–H and O–H groups in total. The van der Waals surface area contributed by atoms with Crippen molar-refractivity contribution in [1.82, 2.24) is 4.57 Å². The van der Waals surface area contributed by atoms with Gasteiger partial charge in [-0.1, -0.05) is 35.9 Å². The van der Waals surface area contributed by atoms with Crippen LogP contribution >= 0.6 is 11.6 Å². The van der Waals surface area contributed by atoms with E-state index >= 15 is 0 Å². The number of amides is 1. The highest BCUT2D eigenvalue weighted by Crippen LogP contribution is 2.21. The molecule has 3 rings (SSSR count). The summed E-state index contributed by atoms with van der Waals surface area (Å²) in [6.07, 6.45) is 2.01. The van der Waals surface area contributed by atoms with Gasteiger partial charge in [-0.3, -0.25) is 14.2 Å². The van der Waals surface area contributed by atoms with Gasteiger partial charge < -0.3 is 5.32 Å². The normalized spacial score (nSPS) is 10.8. The Kier molecular flexibility index (Phi) is 4.67. The lowest BCUT2D eigenvalue weighted by Gasteiger charge is -2.09. The van der Waals surface area contributed by atoms with Gasteiger partial charge in [0.2, 0.25) is 11.8 Å². The maximum Gasteiger partial charge on any atom is 0.231 e. The van der Waals surface area contributed by atoms with E-state index in [4.69, 9.17) is 11.6 Å². The molecule has 0 bridgehead atoms. The number of fused-ring (bicyclic) bond motifs is 1. The van der Waals surface area contributed by atoms with E-state index in [-0.39, 0.29) is 24.7 Å². The second-order valence-electron chi connectivity index (χ2n) is 5.65. The summed E-state index contributed by atoms with van der Waals surface area (Å²) in [5.74, 6) is -0.306. The summed E-state index contributed by atoms with van der Waals surface area (Å²) in [7, 11) is 0. The van der Waals surface area contributed by atoms with Crippen molar-refractivity contribution in [2.24, 2.45) is 0 Å². The number of carbonyl (C=O) groups is 2. The van der Waals surface area contributed by atoms with Crippen LogP contribution in [0.15, 0.2) is 54.7 Å². The number of hydrogen-bond acceptors (Lipinski definition) is 2. The molecule has 0 fully saturated rings. The lowest BCUT2D eigenvalue weighted by molar-refractivity contribution is -0.116. The summed E-state index contributed by atoms with van der Waals surface area (Å²) < 4.78 is 1.59. The van der Waals surface area contributed by atoms with E-state index in [9.17, 15) is 9.59 Å². The number of carbonyl (C=O) groups excluding carboxylic acids is 2. The van der Waals surface area contributed by atoms with E-state index in [0.29, 0.717) is 10.7 Å². The van der Waals surface area contributed by atoms with Gasteiger partial charge >= 0.3 is 0 Å². The third kappa shape index (κ3) is 3.49. The summed E-state index contributed by atoms with van der Waals surface area (Å²) in [6.45, 7) is 1.89. The number of aryl methyl sites for hydroxylation is 1. The van der Waals surface area contributed by atoms with Gasteiger partial charge in [0.15, 0.2) is 0 Å². The minimum absolute atomic E-state index is 0.103. The SMILES string of the molecule is Cc1ccc(Cl)cc1NC(=O)CCC(=O)n1ccc2ccccc21. The highest BCUT2D eigenvalue weighted by atomic mass is 35.5. The van der Waals surface area contributed by atoms with E-state index in [0.717, 1.165) is 16.5 Å². The van der Waals surface area contributed by atoms with Crippen molar-refractivity contribution in [1.29, 1.82) is 0 Å². The molecule has 0 unspecified atom stereocenters. The van der Waals surface area contributed by atoms with Crippen molar-refractivity contribution in [2.45, 2.75) is 19.8 Å². The maximum atomic E-state index is 12.4.